The van der Waals surface area contributed by atoms with E-state index in [9.17, 15) is 23.1 Å². The van der Waals surface area contributed by atoms with Gasteiger partial charge in [-0.05, 0) is 47.8 Å². The molecule has 0 radical (unpaired) electrons. The summed E-state index contributed by atoms with van der Waals surface area (Å²) in [5.41, 5.74) is 1.72. The predicted octanol–water partition coefficient (Wildman–Crippen LogP) is 5.44. The van der Waals surface area contributed by atoms with Crippen LogP contribution >= 0.6 is 0 Å². The van der Waals surface area contributed by atoms with Gasteiger partial charge in [0.2, 0.25) is 0 Å². The number of aromatic carboxylic acids is 1. The maximum Gasteiger partial charge on any atom is 0.416 e. The van der Waals surface area contributed by atoms with Crippen LogP contribution in [0.15, 0.2) is 48.5 Å². The molecule has 0 atom stereocenters. The molecule has 136 valence electrons. The fourth-order valence-corrected chi connectivity index (χ4v) is 3.59. The quantitative estimate of drug-likeness (QED) is 0.654. The molecule has 0 unspecified atom stereocenters. The van der Waals surface area contributed by atoms with Crippen LogP contribution < -0.4 is 0 Å². The lowest BCUT2D eigenvalue weighted by Crippen LogP contribution is -2.07. The van der Waals surface area contributed by atoms with Crippen LogP contribution in [0.5, 0.6) is 0 Å². The van der Waals surface area contributed by atoms with Crippen molar-refractivity contribution < 1.29 is 23.1 Å². The summed E-state index contributed by atoms with van der Waals surface area (Å²) >= 11 is 0. The SMILES string of the molecule is O=C(O)c1c2c(nc3ccccc13)/C(=C\c1ccccc1C(F)(F)F)CC2. The summed E-state index contributed by atoms with van der Waals surface area (Å²) in [6, 6.07) is 12.3. The number of aromatic nitrogens is 1. The average Bonchev–Trinajstić information content (AvgIpc) is 3.01. The standard InChI is InChI=1S/C21H14F3NO2/c22-21(23,24)16-7-3-1-5-12(16)11-13-9-10-15-18(20(26)27)14-6-2-4-8-17(14)25-19(13)15/h1-8,11H,9-10H2,(H,26,27)/b13-11-. The Morgan fingerprint density at radius 3 is 2.48 bits per heavy atom. The molecule has 1 aromatic heterocycles. The van der Waals surface area contributed by atoms with Crippen LogP contribution in [0.1, 0.15) is 39.2 Å². The number of alkyl halides is 3. The van der Waals surface area contributed by atoms with Crippen molar-refractivity contribution in [1.82, 2.24) is 4.98 Å². The highest BCUT2D eigenvalue weighted by Crippen LogP contribution is 2.39. The van der Waals surface area contributed by atoms with E-state index >= 15 is 0 Å². The average molecular weight is 369 g/mol. The number of rotatable bonds is 2. The van der Waals surface area contributed by atoms with Gasteiger partial charge >= 0.3 is 12.1 Å². The molecule has 0 aliphatic heterocycles. The van der Waals surface area contributed by atoms with Crippen LogP contribution in [0.2, 0.25) is 0 Å². The van der Waals surface area contributed by atoms with Crippen LogP contribution in [0, 0.1) is 0 Å². The second kappa shape index (κ2) is 6.23. The largest absolute Gasteiger partial charge is 0.478 e. The molecule has 0 fully saturated rings. The van der Waals surface area contributed by atoms with Crippen LogP contribution in [-0.4, -0.2) is 16.1 Å². The molecule has 0 saturated carbocycles. The van der Waals surface area contributed by atoms with Crippen molar-refractivity contribution >= 4 is 28.5 Å². The van der Waals surface area contributed by atoms with Gasteiger partial charge in [-0.15, -0.1) is 0 Å². The predicted molar refractivity (Wildman–Crippen MR) is 96.3 cm³/mol. The van der Waals surface area contributed by atoms with Crippen LogP contribution in [0.3, 0.4) is 0 Å². The molecule has 27 heavy (non-hydrogen) atoms. The number of benzene rings is 2. The van der Waals surface area contributed by atoms with Gasteiger partial charge in [-0.3, -0.25) is 0 Å². The number of carboxylic acids is 1. The molecule has 1 aliphatic carbocycles. The first-order valence-electron chi connectivity index (χ1n) is 8.38. The van der Waals surface area contributed by atoms with E-state index in [2.05, 4.69) is 4.98 Å². The minimum Gasteiger partial charge on any atom is -0.478 e. The molecule has 2 aromatic carbocycles. The molecule has 0 bridgehead atoms. The summed E-state index contributed by atoms with van der Waals surface area (Å²) in [5, 5.41) is 10.2. The Labute approximate surface area is 152 Å². The first kappa shape index (κ1) is 17.3. The van der Waals surface area contributed by atoms with E-state index in [1.165, 1.54) is 18.2 Å². The van der Waals surface area contributed by atoms with Gasteiger partial charge in [-0.25, -0.2) is 9.78 Å². The van der Waals surface area contributed by atoms with Crippen molar-refractivity contribution in [2.75, 3.05) is 0 Å². The molecular weight excluding hydrogens is 355 g/mol. The maximum atomic E-state index is 13.3. The smallest absolute Gasteiger partial charge is 0.416 e. The van der Waals surface area contributed by atoms with E-state index in [-0.39, 0.29) is 11.1 Å². The van der Waals surface area contributed by atoms with Gasteiger partial charge in [0.25, 0.3) is 0 Å². The Hall–Kier alpha value is -3.15. The Morgan fingerprint density at radius 2 is 1.74 bits per heavy atom. The van der Waals surface area contributed by atoms with Crippen LogP contribution in [0.25, 0.3) is 22.6 Å². The Kier molecular flexibility index (Phi) is 3.98. The number of pyridine rings is 1. The summed E-state index contributed by atoms with van der Waals surface area (Å²) in [7, 11) is 0. The van der Waals surface area contributed by atoms with Crippen molar-refractivity contribution in [3.63, 3.8) is 0 Å². The Bertz CT molecular complexity index is 1100. The van der Waals surface area contributed by atoms with Crippen LogP contribution in [-0.2, 0) is 12.6 Å². The maximum absolute atomic E-state index is 13.3. The van der Waals surface area contributed by atoms with Gasteiger partial charge in [0.05, 0.1) is 22.3 Å². The van der Waals surface area contributed by atoms with Crippen molar-refractivity contribution in [2.45, 2.75) is 19.0 Å². The molecule has 3 nitrogen and oxygen atoms in total. The van der Waals surface area contributed by atoms with E-state index in [4.69, 9.17) is 0 Å². The fourth-order valence-electron chi connectivity index (χ4n) is 3.59. The van der Waals surface area contributed by atoms with Crippen molar-refractivity contribution in [1.29, 1.82) is 0 Å². The number of nitrogens with zero attached hydrogens (tertiary/aromatic N) is 1. The molecule has 4 rings (SSSR count). The number of hydrogen-bond acceptors (Lipinski definition) is 2. The second-order valence-corrected chi connectivity index (χ2v) is 6.39. The van der Waals surface area contributed by atoms with Gasteiger partial charge in [0.1, 0.15) is 0 Å². The third-order valence-corrected chi connectivity index (χ3v) is 4.75. The molecule has 0 saturated heterocycles. The summed E-state index contributed by atoms with van der Waals surface area (Å²) in [4.78, 5) is 16.4. The van der Waals surface area contributed by atoms with E-state index in [1.54, 1.807) is 30.3 Å². The number of para-hydroxylation sites is 1. The highest BCUT2D eigenvalue weighted by molar-refractivity contribution is 6.06. The minimum atomic E-state index is -4.46. The molecule has 3 aromatic rings. The minimum absolute atomic E-state index is 0.0553. The summed E-state index contributed by atoms with van der Waals surface area (Å²) < 4.78 is 39.8. The Balaban J connectivity index is 1.93. The lowest BCUT2D eigenvalue weighted by Gasteiger charge is -2.11. The summed E-state index contributed by atoms with van der Waals surface area (Å²) in [6.07, 6.45) is -2.10. The van der Waals surface area contributed by atoms with E-state index in [0.29, 0.717) is 40.6 Å². The number of hydrogen-bond donors (Lipinski definition) is 1. The third kappa shape index (κ3) is 2.97. The monoisotopic (exact) mass is 369 g/mol. The first-order chi connectivity index (χ1) is 12.9. The van der Waals surface area contributed by atoms with E-state index in [1.807, 2.05) is 0 Å². The highest BCUT2D eigenvalue weighted by Gasteiger charge is 2.33. The van der Waals surface area contributed by atoms with E-state index in [0.717, 1.165) is 6.07 Å². The number of halogens is 3. The second-order valence-electron chi connectivity index (χ2n) is 6.39. The van der Waals surface area contributed by atoms with Gasteiger partial charge < -0.3 is 5.11 Å². The van der Waals surface area contributed by atoms with Gasteiger partial charge in [0, 0.05) is 5.39 Å². The number of allylic oxidation sites excluding steroid dienone is 1. The van der Waals surface area contributed by atoms with Gasteiger partial charge in [-0.2, -0.15) is 13.2 Å². The molecule has 1 aliphatic rings. The molecule has 0 spiro atoms. The molecule has 6 heteroatoms. The number of fused-ring (bicyclic) bond motifs is 2. The lowest BCUT2D eigenvalue weighted by atomic mass is 10.00. The fraction of sp³-hybridized carbons (Fsp3) is 0.143. The van der Waals surface area contributed by atoms with Crippen molar-refractivity contribution in [3.05, 3.63) is 76.5 Å². The molecule has 1 heterocycles. The number of carbonyl (C=O) groups is 1. The van der Waals surface area contributed by atoms with Crippen LogP contribution in [0.4, 0.5) is 13.2 Å². The third-order valence-electron chi connectivity index (χ3n) is 4.75. The normalized spacial score (nSPS) is 15.3. The summed E-state index contributed by atoms with van der Waals surface area (Å²) in [6.45, 7) is 0. The lowest BCUT2D eigenvalue weighted by molar-refractivity contribution is -0.137. The number of carboxylic acid groups (broad SMARTS) is 1. The highest BCUT2D eigenvalue weighted by atomic mass is 19.4. The Morgan fingerprint density at radius 1 is 1.04 bits per heavy atom. The van der Waals surface area contributed by atoms with Gasteiger partial charge in [-0.1, -0.05) is 36.4 Å². The van der Waals surface area contributed by atoms with E-state index < -0.39 is 17.7 Å². The van der Waals surface area contributed by atoms with Gasteiger partial charge in [0.15, 0.2) is 0 Å². The van der Waals surface area contributed by atoms with Crippen molar-refractivity contribution in [2.24, 2.45) is 0 Å². The molecule has 0 amide bonds. The zero-order chi connectivity index (χ0) is 19.2. The van der Waals surface area contributed by atoms with Crippen molar-refractivity contribution in [3.8, 4) is 0 Å². The zero-order valence-corrected chi connectivity index (χ0v) is 14.0. The first-order valence-corrected chi connectivity index (χ1v) is 8.38. The zero-order valence-electron chi connectivity index (χ0n) is 14.0. The topological polar surface area (TPSA) is 50.2 Å². The summed E-state index contributed by atoms with van der Waals surface area (Å²) in [5.74, 6) is -1.05. The molecule has 1 N–H and O–H groups in total. The molecular formula is C21H14F3NO2.